The average Bonchev–Trinajstić information content (AvgIpc) is 2.94. The molecule has 0 atom stereocenters. The maximum atomic E-state index is 12.6. The highest BCUT2D eigenvalue weighted by Crippen LogP contribution is 2.25. The minimum Gasteiger partial charge on any atom is -0.337 e. The van der Waals surface area contributed by atoms with Crippen LogP contribution in [-0.4, -0.2) is 38.6 Å². The first-order chi connectivity index (χ1) is 11.5. The maximum Gasteiger partial charge on any atom is 0.253 e. The third kappa shape index (κ3) is 3.43. The molecule has 1 amide bonds. The number of hydrogen-bond acceptors (Lipinski definition) is 3. The SMILES string of the molecule is CN(Cc1ccccc1)C(=O)c1cccc(N2CCCS2(=O)=O)c1. The summed E-state index contributed by atoms with van der Waals surface area (Å²) < 4.78 is 25.5. The molecule has 0 radical (unpaired) electrons. The van der Waals surface area contributed by atoms with Gasteiger partial charge in [0.15, 0.2) is 0 Å². The summed E-state index contributed by atoms with van der Waals surface area (Å²) in [7, 11) is -1.50. The topological polar surface area (TPSA) is 57.7 Å². The molecule has 1 fully saturated rings. The number of anilines is 1. The predicted octanol–water partition coefficient (Wildman–Crippen LogP) is 2.50. The second kappa shape index (κ2) is 6.65. The normalized spacial score (nSPS) is 16.1. The van der Waals surface area contributed by atoms with Crippen molar-refractivity contribution in [3.05, 3.63) is 65.7 Å². The fourth-order valence-corrected chi connectivity index (χ4v) is 4.43. The van der Waals surface area contributed by atoms with Crippen LogP contribution in [0.2, 0.25) is 0 Å². The molecule has 1 saturated heterocycles. The molecule has 0 aliphatic carbocycles. The number of amides is 1. The van der Waals surface area contributed by atoms with Crippen LogP contribution in [0.4, 0.5) is 5.69 Å². The second-order valence-corrected chi connectivity index (χ2v) is 7.95. The highest BCUT2D eigenvalue weighted by Gasteiger charge is 2.28. The Kier molecular flexibility index (Phi) is 4.57. The fourth-order valence-electron chi connectivity index (χ4n) is 2.87. The summed E-state index contributed by atoms with van der Waals surface area (Å²) in [4.78, 5) is 14.3. The van der Waals surface area contributed by atoms with Crippen LogP contribution in [0.3, 0.4) is 0 Å². The molecule has 0 bridgehead atoms. The van der Waals surface area contributed by atoms with Gasteiger partial charge in [-0.05, 0) is 30.2 Å². The van der Waals surface area contributed by atoms with Crippen molar-refractivity contribution >= 4 is 21.6 Å². The van der Waals surface area contributed by atoms with Gasteiger partial charge in [0.1, 0.15) is 0 Å². The van der Waals surface area contributed by atoms with Gasteiger partial charge in [-0.25, -0.2) is 8.42 Å². The fraction of sp³-hybridized carbons (Fsp3) is 0.278. The number of benzene rings is 2. The summed E-state index contributed by atoms with van der Waals surface area (Å²) in [6.07, 6.45) is 0.619. The first-order valence-corrected chi connectivity index (χ1v) is 9.48. The molecule has 1 aliphatic rings. The zero-order valence-electron chi connectivity index (χ0n) is 13.6. The molecule has 1 heterocycles. The lowest BCUT2D eigenvalue weighted by atomic mass is 10.1. The first-order valence-electron chi connectivity index (χ1n) is 7.87. The molecular formula is C18H20N2O3S. The number of sulfonamides is 1. The van der Waals surface area contributed by atoms with Crippen molar-refractivity contribution in [2.24, 2.45) is 0 Å². The van der Waals surface area contributed by atoms with Crippen LogP contribution in [-0.2, 0) is 16.6 Å². The van der Waals surface area contributed by atoms with E-state index < -0.39 is 10.0 Å². The van der Waals surface area contributed by atoms with Crippen molar-refractivity contribution < 1.29 is 13.2 Å². The van der Waals surface area contributed by atoms with Gasteiger partial charge in [0.25, 0.3) is 5.91 Å². The molecule has 0 spiro atoms. The second-order valence-electron chi connectivity index (χ2n) is 5.94. The van der Waals surface area contributed by atoms with Crippen LogP contribution < -0.4 is 4.31 Å². The van der Waals surface area contributed by atoms with Crippen molar-refractivity contribution in [2.45, 2.75) is 13.0 Å². The van der Waals surface area contributed by atoms with Crippen molar-refractivity contribution in [2.75, 3.05) is 23.7 Å². The van der Waals surface area contributed by atoms with E-state index >= 15 is 0 Å². The molecule has 5 nitrogen and oxygen atoms in total. The van der Waals surface area contributed by atoms with Gasteiger partial charge in [-0.3, -0.25) is 9.10 Å². The van der Waals surface area contributed by atoms with E-state index in [1.807, 2.05) is 30.3 Å². The van der Waals surface area contributed by atoms with Gasteiger partial charge in [0.2, 0.25) is 10.0 Å². The van der Waals surface area contributed by atoms with E-state index in [-0.39, 0.29) is 11.7 Å². The summed E-state index contributed by atoms with van der Waals surface area (Å²) in [5.74, 6) is 0.0383. The summed E-state index contributed by atoms with van der Waals surface area (Å²) in [5.41, 5.74) is 2.10. The number of carbonyl (C=O) groups excluding carboxylic acids is 1. The Morgan fingerprint density at radius 1 is 1.12 bits per heavy atom. The Balaban J connectivity index is 1.79. The van der Waals surface area contributed by atoms with Crippen molar-refractivity contribution in [3.63, 3.8) is 0 Å². The lowest BCUT2D eigenvalue weighted by Gasteiger charge is -2.20. The molecule has 1 aliphatic heterocycles. The van der Waals surface area contributed by atoms with Gasteiger partial charge in [0.05, 0.1) is 11.4 Å². The molecule has 0 N–H and O–H groups in total. The summed E-state index contributed by atoms with van der Waals surface area (Å²) in [6.45, 7) is 0.978. The summed E-state index contributed by atoms with van der Waals surface area (Å²) in [5, 5.41) is 0. The van der Waals surface area contributed by atoms with Crippen LogP contribution in [0.15, 0.2) is 54.6 Å². The standard InChI is InChI=1S/C18H20N2O3S/c1-19(14-15-7-3-2-4-8-15)18(21)16-9-5-10-17(13-16)20-11-6-12-24(20,22)23/h2-5,7-10,13H,6,11-12,14H2,1H3. The minimum absolute atomic E-state index is 0.128. The first kappa shape index (κ1) is 16.5. The van der Waals surface area contributed by atoms with E-state index in [0.717, 1.165) is 5.56 Å². The summed E-state index contributed by atoms with van der Waals surface area (Å²) >= 11 is 0. The van der Waals surface area contributed by atoms with Crippen LogP contribution in [0.25, 0.3) is 0 Å². The predicted molar refractivity (Wildman–Crippen MR) is 94.4 cm³/mol. The maximum absolute atomic E-state index is 12.6. The molecule has 3 rings (SSSR count). The van der Waals surface area contributed by atoms with E-state index in [1.165, 1.54) is 4.31 Å². The number of rotatable bonds is 4. The van der Waals surface area contributed by atoms with E-state index in [1.54, 1.807) is 36.2 Å². The van der Waals surface area contributed by atoms with Crippen LogP contribution in [0, 0.1) is 0 Å². The summed E-state index contributed by atoms with van der Waals surface area (Å²) in [6, 6.07) is 16.6. The minimum atomic E-state index is -3.24. The Hall–Kier alpha value is -2.34. The average molecular weight is 344 g/mol. The zero-order valence-corrected chi connectivity index (χ0v) is 14.4. The van der Waals surface area contributed by atoms with Gasteiger partial charge in [-0.15, -0.1) is 0 Å². The van der Waals surface area contributed by atoms with Gasteiger partial charge in [-0.2, -0.15) is 0 Å². The van der Waals surface area contributed by atoms with Gasteiger partial charge in [-0.1, -0.05) is 36.4 Å². The number of hydrogen-bond donors (Lipinski definition) is 0. The van der Waals surface area contributed by atoms with E-state index in [0.29, 0.717) is 30.8 Å². The van der Waals surface area contributed by atoms with Gasteiger partial charge < -0.3 is 4.90 Å². The monoisotopic (exact) mass is 344 g/mol. The lowest BCUT2D eigenvalue weighted by molar-refractivity contribution is 0.0785. The molecule has 6 heteroatoms. The lowest BCUT2D eigenvalue weighted by Crippen LogP contribution is -2.28. The molecule has 2 aromatic rings. The van der Waals surface area contributed by atoms with Crippen LogP contribution in [0.5, 0.6) is 0 Å². The molecule has 0 saturated carbocycles. The molecule has 0 unspecified atom stereocenters. The quantitative estimate of drug-likeness (QED) is 0.856. The zero-order chi connectivity index (χ0) is 17.2. The van der Waals surface area contributed by atoms with Crippen molar-refractivity contribution in [1.29, 1.82) is 0 Å². The molecule has 2 aromatic carbocycles. The van der Waals surface area contributed by atoms with Crippen molar-refractivity contribution in [3.8, 4) is 0 Å². The smallest absolute Gasteiger partial charge is 0.253 e. The highest BCUT2D eigenvalue weighted by molar-refractivity contribution is 7.93. The Bertz CT molecular complexity index is 834. The van der Waals surface area contributed by atoms with Gasteiger partial charge in [0, 0.05) is 25.7 Å². The highest BCUT2D eigenvalue weighted by atomic mass is 32.2. The number of carbonyl (C=O) groups is 1. The van der Waals surface area contributed by atoms with Crippen molar-refractivity contribution in [1.82, 2.24) is 4.90 Å². The largest absolute Gasteiger partial charge is 0.337 e. The molecule has 126 valence electrons. The van der Waals surface area contributed by atoms with E-state index in [9.17, 15) is 13.2 Å². The Labute approximate surface area is 142 Å². The molecule has 24 heavy (non-hydrogen) atoms. The third-order valence-electron chi connectivity index (χ3n) is 4.09. The number of nitrogens with zero attached hydrogens (tertiary/aromatic N) is 2. The van der Waals surface area contributed by atoms with Crippen LogP contribution in [0.1, 0.15) is 22.3 Å². The van der Waals surface area contributed by atoms with Crippen LogP contribution >= 0.6 is 0 Å². The van der Waals surface area contributed by atoms with E-state index in [2.05, 4.69) is 0 Å². The Morgan fingerprint density at radius 2 is 1.88 bits per heavy atom. The van der Waals surface area contributed by atoms with Gasteiger partial charge >= 0.3 is 0 Å². The Morgan fingerprint density at radius 3 is 2.54 bits per heavy atom. The molecule has 0 aromatic heterocycles. The molecular weight excluding hydrogens is 324 g/mol. The third-order valence-corrected chi connectivity index (χ3v) is 5.96. The van der Waals surface area contributed by atoms with E-state index in [4.69, 9.17) is 0 Å².